The molecule has 3 rings (SSSR count). The van der Waals surface area contributed by atoms with E-state index in [9.17, 15) is 5.11 Å². The van der Waals surface area contributed by atoms with Gasteiger partial charge in [-0.3, -0.25) is 14.9 Å². The van der Waals surface area contributed by atoms with E-state index in [1.54, 1.807) is 20.0 Å². The van der Waals surface area contributed by atoms with Gasteiger partial charge >= 0.3 is 0 Å². The van der Waals surface area contributed by atoms with Gasteiger partial charge in [0.15, 0.2) is 0 Å². The zero-order valence-electron chi connectivity index (χ0n) is 14.5. The van der Waals surface area contributed by atoms with Crippen molar-refractivity contribution in [2.24, 2.45) is 4.99 Å². The summed E-state index contributed by atoms with van der Waals surface area (Å²) in [5, 5.41) is 10.00. The molecule has 6 heteroatoms. The molecule has 130 valence electrons. The zero-order valence-corrected chi connectivity index (χ0v) is 14.5. The number of hydrogen-bond donors (Lipinski definition) is 1. The maximum absolute atomic E-state index is 10.00. The smallest absolute Gasteiger partial charge is 0.101 e. The van der Waals surface area contributed by atoms with Crippen LogP contribution >= 0.6 is 0 Å². The molecule has 2 aliphatic heterocycles. The average Bonchev–Trinajstić information content (AvgIpc) is 2.60. The Labute approximate surface area is 143 Å². The lowest BCUT2D eigenvalue weighted by molar-refractivity contribution is 0.0357. The van der Waals surface area contributed by atoms with E-state index in [1.165, 1.54) is 0 Å². The summed E-state index contributed by atoms with van der Waals surface area (Å²) in [6.45, 7) is 10.0. The second kappa shape index (κ2) is 7.42. The highest BCUT2D eigenvalue weighted by atomic mass is 16.5. The predicted octanol–water partition coefficient (Wildman–Crippen LogP) is 1.33. The number of aliphatic imine (C=N–C) groups is 1. The van der Waals surface area contributed by atoms with Gasteiger partial charge in [-0.25, -0.2) is 0 Å². The first-order chi connectivity index (χ1) is 11.5. The molecule has 0 saturated carbocycles. The van der Waals surface area contributed by atoms with Gasteiger partial charge in [0.25, 0.3) is 0 Å². The second-order valence-corrected chi connectivity index (χ2v) is 6.77. The summed E-state index contributed by atoms with van der Waals surface area (Å²) in [5.74, 6) is 0. The Morgan fingerprint density at radius 3 is 2.67 bits per heavy atom. The lowest BCUT2D eigenvalue weighted by atomic mass is 10.0. The Balaban J connectivity index is 1.62. The Kier molecular flexibility index (Phi) is 5.28. The number of morpholine rings is 1. The Morgan fingerprint density at radius 2 is 2.00 bits per heavy atom. The summed E-state index contributed by atoms with van der Waals surface area (Å²) in [4.78, 5) is 13.6. The highest BCUT2D eigenvalue weighted by molar-refractivity contribution is 5.76. The molecule has 1 N–H and O–H groups in total. The van der Waals surface area contributed by atoms with Crippen molar-refractivity contribution in [3.63, 3.8) is 0 Å². The normalized spacial score (nSPS) is 19.5. The SMILES string of the molecule is CC(C)(O)c1ccc(C2=CN(CCN3CCOCC3)CC=N2)cn1. The molecular formula is C18H26N4O2. The summed E-state index contributed by atoms with van der Waals surface area (Å²) in [5.41, 5.74) is 1.62. The molecule has 0 radical (unpaired) electrons. The maximum Gasteiger partial charge on any atom is 0.101 e. The van der Waals surface area contributed by atoms with Crippen LogP contribution < -0.4 is 0 Å². The summed E-state index contributed by atoms with van der Waals surface area (Å²) in [6, 6.07) is 3.83. The van der Waals surface area contributed by atoms with Crippen molar-refractivity contribution in [1.82, 2.24) is 14.8 Å². The van der Waals surface area contributed by atoms with E-state index in [4.69, 9.17) is 4.74 Å². The van der Waals surface area contributed by atoms with Crippen LogP contribution in [0.15, 0.2) is 29.5 Å². The highest BCUT2D eigenvalue weighted by Crippen LogP contribution is 2.22. The molecule has 0 atom stereocenters. The fraction of sp³-hybridized carbons (Fsp3) is 0.556. The molecule has 2 aliphatic rings. The van der Waals surface area contributed by atoms with Crippen molar-refractivity contribution >= 4 is 11.9 Å². The van der Waals surface area contributed by atoms with Gasteiger partial charge in [0, 0.05) is 50.4 Å². The standard InChI is InChI=1S/C18H26N4O2/c1-18(2,23)17-4-3-15(13-20-17)16-14-22(6-5-19-16)8-7-21-9-11-24-12-10-21/h3-5,13-14,23H,6-12H2,1-2H3. The number of aliphatic hydroxyl groups is 1. The fourth-order valence-electron chi connectivity index (χ4n) is 2.81. The van der Waals surface area contributed by atoms with Crippen molar-refractivity contribution in [1.29, 1.82) is 0 Å². The minimum absolute atomic E-state index is 0.663. The van der Waals surface area contributed by atoms with Crippen LogP contribution in [0, 0.1) is 0 Å². The van der Waals surface area contributed by atoms with E-state index in [-0.39, 0.29) is 0 Å². The Hall–Kier alpha value is -1.76. The molecule has 0 amide bonds. The molecule has 1 fully saturated rings. The summed E-state index contributed by atoms with van der Waals surface area (Å²) >= 11 is 0. The van der Waals surface area contributed by atoms with Crippen molar-refractivity contribution in [2.75, 3.05) is 45.9 Å². The molecule has 0 bridgehead atoms. The third-order valence-electron chi connectivity index (χ3n) is 4.34. The van der Waals surface area contributed by atoms with Crippen LogP contribution in [0.2, 0.25) is 0 Å². The highest BCUT2D eigenvalue weighted by Gasteiger charge is 2.18. The quantitative estimate of drug-likeness (QED) is 0.882. The summed E-state index contributed by atoms with van der Waals surface area (Å²) in [6.07, 6.45) is 5.82. The first kappa shape index (κ1) is 17.1. The largest absolute Gasteiger partial charge is 0.384 e. The summed E-state index contributed by atoms with van der Waals surface area (Å²) in [7, 11) is 0. The molecule has 1 saturated heterocycles. The average molecular weight is 330 g/mol. The molecule has 6 nitrogen and oxygen atoms in total. The summed E-state index contributed by atoms with van der Waals surface area (Å²) < 4.78 is 5.39. The molecule has 3 heterocycles. The molecule has 0 aromatic carbocycles. The van der Waals surface area contributed by atoms with E-state index in [0.717, 1.165) is 57.2 Å². The van der Waals surface area contributed by atoms with Crippen molar-refractivity contribution < 1.29 is 9.84 Å². The van der Waals surface area contributed by atoms with E-state index in [1.807, 2.05) is 18.3 Å². The van der Waals surface area contributed by atoms with Crippen LogP contribution in [-0.4, -0.2) is 72.0 Å². The van der Waals surface area contributed by atoms with Gasteiger partial charge in [-0.1, -0.05) is 0 Å². The third-order valence-corrected chi connectivity index (χ3v) is 4.34. The van der Waals surface area contributed by atoms with Crippen LogP contribution in [0.1, 0.15) is 25.1 Å². The molecule has 24 heavy (non-hydrogen) atoms. The van der Waals surface area contributed by atoms with Gasteiger partial charge in [0.2, 0.25) is 0 Å². The van der Waals surface area contributed by atoms with Gasteiger partial charge < -0.3 is 14.7 Å². The minimum Gasteiger partial charge on any atom is -0.384 e. The van der Waals surface area contributed by atoms with Crippen LogP contribution in [0.4, 0.5) is 0 Å². The van der Waals surface area contributed by atoms with Crippen molar-refractivity contribution in [3.8, 4) is 0 Å². The van der Waals surface area contributed by atoms with Crippen molar-refractivity contribution in [2.45, 2.75) is 19.4 Å². The topological polar surface area (TPSA) is 61.2 Å². The lowest BCUT2D eigenvalue weighted by Crippen LogP contribution is -2.41. The van der Waals surface area contributed by atoms with Crippen LogP contribution in [0.5, 0.6) is 0 Å². The molecule has 1 aromatic heterocycles. The third kappa shape index (κ3) is 4.41. The number of rotatable bonds is 5. The molecule has 0 spiro atoms. The zero-order chi connectivity index (χ0) is 17.0. The molecule has 0 aliphatic carbocycles. The second-order valence-electron chi connectivity index (χ2n) is 6.77. The monoisotopic (exact) mass is 330 g/mol. The molecule has 1 aromatic rings. The van der Waals surface area contributed by atoms with Gasteiger partial charge in [0.1, 0.15) is 5.60 Å². The number of hydrogen-bond acceptors (Lipinski definition) is 6. The Morgan fingerprint density at radius 1 is 1.21 bits per heavy atom. The van der Waals surface area contributed by atoms with Gasteiger partial charge in [-0.05, 0) is 26.0 Å². The molecular weight excluding hydrogens is 304 g/mol. The predicted molar refractivity (Wildman–Crippen MR) is 94.8 cm³/mol. The van der Waals surface area contributed by atoms with E-state index in [0.29, 0.717) is 5.69 Å². The van der Waals surface area contributed by atoms with Crippen molar-refractivity contribution in [3.05, 3.63) is 35.8 Å². The van der Waals surface area contributed by atoms with E-state index >= 15 is 0 Å². The maximum atomic E-state index is 10.00. The molecule has 0 unspecified atom stereocenters. The van der Waals surface area contributed by atoms with Crippen LogP contribution in [0.3, 0.4) is 0 Å². The Bertz CT molecular complexity index is 598. The first-order valence-corrected chi connectivity index (χ1v) is 8.50. The lowest BCUT2D eigenvalue weighted by Gasteiger charge is -2.30. The number of ether oxygens (including phenoxy) is 1. The number of pyridine rings is 1. The number of aromatic nitrogens is 1. The van der Waals surface area contributed by atoms with Crippen LogP contribution in [0.25, 0.3) is 5.70 Å². The van der Waals surface area contributed by atoms with Crippen LogP contribution in [-0.2, 0) is 10.3 Å². The number of nitrogens with zero attached hydrogens (tertiary/aromatic N) is 4. The van der Waals surface area contributed by atoms with E-state index < -0.39 is 5.60 Å². The minimum atomic E-state index is -0.924. The van der Waals surface area contributed by atoms with Gasteiger partial charge in [0.05, 0.1) is 31.1 Å². The van der Waals surface area contributed by atoms with E-state index in [2.05, 4.69) is 26.0 Å². The van der Waals surface area contributed by atoms with Gasteiger partial charge in [-0.15, -0.1) is 0 Å². The fourth-order valence-corrected chi connectivity index (χ4v) is 2.81. The first-order valence-electron chi connectivity index (χ1n) is 8.50. The van der Waals surface area contributed by atoms with Gasteiger partial charge in [-0.2, -0.15) is 0 Å².